The lowest BCUT2D eigenvalue weighted by Crippen LogP contribution is -2.51. The molecule has 0 saturated carbocycles. The number of hydrogen-bond donors (Lipinski definition) is 2. The van der Waals surface area contributed by atoms with Crippen molar-refractivity contribution in [3.8, 4) is 5.75 Å². The van der Waals surface area contributed by atoms with Crippen LogP contribution in [0.15, 0.2) is 18.2 Å². The van der Waals surface area contributed by atoms with Gasteiger partial charge >= 0.3 is 5.69 Å². The van der Waals surface area contributed by atoms with Crippen LogP contribution in [0.25, 0.3) is 0 Å². The fraction of sp³-hybridized carbons (Fsp3) is 0.571. The van der Waals surface area contributed by atoms with Gasteiger partial charge in [0.1, 0.15) is 12.6 Å². The molecule has 1 aliphatic heterocycles. The van der Waals surface area contributed by atoms with Gasteiger partial charge in [-0.05, 0) is 11.6 Å². The molecule has 10 heteroatoms. The van der Waals surface area contributed by atoms with Gasteiger partial charge < -0.3 is 15.2 Å². The monoisotopic (exact) mass is 367 g/mol. The molecule has 7 nitrogen and oxygen atoms in total. The van der Waals surface area contributed by atoms with Gasteiger partial charge in [0.05, 0.1) is 12.0 Å². The van der Waals surface area contributed by atoms with Crippen molar-refractivity contribution in [1.82, 2.24) is 10.2 Å². The summed E-state index contributed by atoms with van der Waals surface area (Å²) in [5, 5.41) is 23.3. The number of nitro groups is 1. The Bertz CT molecular complexity index is 571. The Hall–Kier alpha value is -1.55. The number of aliphatic hydroxyl groups is 1. The molecule has 0 amide bonds. The number of aliphatic hydroxyl groups excluding tert-OH is 1. The highest BCUT2D eigenvalue weighted by Crippen LogP contribution is 2.39. The molecule has 136 valence electrons. The average molecular weight is 368 g/mol. The predicted octanol–water partition coefficient (Wildman–Crippen LogP) is 1.60. The van der Waals surface area contributed by atoms with Crippen LogP contribution in [0.3, 0.4) is 0 Å². The predicted molar refractivity (Wildman–Crippen MR) is 86.1 cm³/mol. The lowest BCUT2D eigenvalue weighted by molar-refractivity contribution is -0.385. The minimum absolute atomic E-state index is 0. The highest BCUT2D eigenvalue weighted by molar-refractivity contribution is 5.85. The molecule has 1 atom stereocenters. The van der Waals surface area contributed by atoms with Crippen molar-refractivity contribution < 1.29 is 23.5 Å². The van der Waals surface area contributed by atoms with E-state index >= 15 is 0 Å². The Labute approximate surface area is 144 Å². The third-order valence-corrected chi connectivity index (χ3v) is 3.84. The number of alkyl halides is 2. The zero-order valence-corrected chi connectivity index (χ0v) is 13.9. The summed E-state index contributed by atoms with van der Waals surface area (Å²) in [5.41, 5.74) is -0.294. The van der Waals surface area contributed by atoms with E-state index in [-0.39, 0.29) is 29.4 Å². The molecule has 1 fully saturated rings. The third kappa shape index (κ3) is 4.29. The summed E-state index contributed by atoms with van der Waals surface area (Å²) in [6, 6.07) is 2.34. The lowest BCUT2D eigenvalue weighted by Gasteiger charge is -2.38. The molecule has 1 aromatic carbocycles. The van der Waals surface area contributed by atoms with E-state index in [1.165, 1.54) is 24.1 Å². The molecule has 1 saturated heterocycles. The van der Waals surface area contributed by atoms with E-state index in [4.69, 9.17) is 9.84 Å². The van der Waals surface area contributed by atoms with E-state index < -0.39 is 23.5 Å². The molecule has 0 aromatic heterocycles. The maximum Gasteiger partial charge on any atom is 0.311 e. The van der Waals surface area contributed by atoms with Crippen molar-refractivity contribution >= 4 is 18.1 Å². The summed E-state index contributed by atoms with van der Waals surface area (Å²) in [5.74, 6) is -3.41. The topological polar surface area (TPSA) is 87.9 Å². The number of halogens is 3. The maximum atomic E-state index is 14.3. The van der Waals surface area contributed by atoms with Crippen LogP contribution in [0.1, 0.15) is 11.6 Å². The molecule has 0 radical (unpaired) electrons. The number of ether oxygens (including phenoxy) is 1. The number of benzene rings is 1. The number of piperazine rings is 1. The van der Waals surface area contributed by atoms with Gasteiger partial charge in [0.25, 0.3) is 5.92 Å². The first kappa shape index (κ1) is 20.5. The minimum atomic E-state index is -3.42. The van der Waals surface area contributed by atoms with Crippen molar-refractivity contribution in [3.63, 3.8) is 0 Å². The standard InChI is InChI=1S/C14H19F2N3O4.ClH/c1-23-12-3-2-10(8-11(12)19(21)22)13(14(15,16)9-20)18-6-4-17-5-7-18;/h2-3,8,13,17,20H,4-7,9H2,1H3;1H/t13-;/m1./s1. The van der Waals surface area contributed by atoms with E-state index in [0.717, 1.165) is 6.07 Å². The first-order chi connectivity index (χ1) is 10.9. The molecular formula is C14H20ClF2N3O4. The van der Waals surface area contributed by atoms with Gasteiger partial charge in [0.15, 0.2) is 5.75 Å². The number of nitrogens with one attached hydrogen (secondary N) is 1. The largest absolute Gasteiger partial charge is 0.490 e. The van der Waals surface area contributed by atoms with E-state index in [9.17, 15) is 18.9 Å². The van der Waals surface area contributed by atoms with Crippen LogP contribution in [-0.4, -0.2) is 60.7 Å². The van der Waals surface area contributed by atoms with Crippen LogP contribution in [0, 0.1) is 10.1 Å². The second-order valence-corrected chi connectivity index (χ2v) is 5.30. The van der Waals surface area contributed by atoms with Gasteiger partial charge in [-0.3, -0.25) is 15.0 Å². The summed E-state index contributed by atoms with van der Waals surface area (Å²) in [6.45, 7) is 0.466. The molecule has 1 aliphatic rings. The minimum Gasteiger partial charge on any atom is -0.490 e. The van der Waals surface area contributed by atoms with E-state index in [1.807, 2.05) is 0 Å². The Kier molecular flexibility index (Phi) is 7.27. The number of nitrogens with zero attached hydrogens (tertiary/aromatic N) is 2. The Morgan fingerprint density at radius 2 is 2.08 bits per heavy atom. The normalized spacial score (nSPS) is 17.0. The lowest BCUT2D eigenvalue weighted by atomic mass is 9.97. The van der Waals surface area contributed by atoms with Crippen molar-refractivity contribution in [1.29, 1.82) is 0 Å². The van der Waals surface area contributed by atoms with E-state index in [1.54, 1.807) is 0 Å². The number of rotatable bonds is 6. The zero-order chi connectivity index (χ0) is 17.0. The molecule has 24 heavy (non-hydrogen) atoms. The average Bonchev–Trinajstić information content (AvgIpc) is 2.55. The van der Waals surface area contributed by atoms with Crippen LogP contribution in [0.2, 0.25) is 0 Å². The maximum absolute atomic E-state index is 14.3. The molecule has 0 unspecified atom stereocenters. The summed E-state index contributed by atoms with van der Waals surface area (Å²) in [6.07, 6.45) is 0. The van der Waals surface area contributed by atoms with Crippen molar-refractivity contribution in [3.05, 3.63) is 33.9 Å². The van der Waals surface area contributed by atoms with Gasteiger partial charge in [-0.1, -0.05) is 6.07 Å². The highest BCUT2D eigenvalue weighted by atomic mass is 35.5. The van der Waals surface area contributed by atoms with E-state index in [2.05, 4.69) is 5.32 Å². The quantitative estimate of drug-likeness (QED) is 0.586. The molecule has 0 spiro atoms. The van der Waals surface area contributed by atoms with Crippen LogP contribution in [0.5, 0.6) is 5.75 Å². The van der Waals surface area contributed by atoms with Gasteiger partial charge in [-0.2, -0.15) is 0 Å². The van der Waals surface area contributed by atoms with Crippen LogP contribution in [-0.2, 0) is 0 Å². The Morgan fingerprint density at radius 3 is 2.58 bits per heavy atom. The second-order valence-electron chi connectivity index (χ2n) is 5.30. The number of nitro benzene ring substituents is 1. The smallest absolute Gasteiger partial charge is 0.311 e. The van der Waals surface area contributed by atoms with Crippen LogP contribution < -0.4 is 10.1 Å². The zero-order valence-electron chi connectivity index (χ0n) is 13.1. The molecule has 2 N–H and O–H groups in total. The van der Waals surface area contributed by atoms with Crippen molar-refractivity contribution in [2.24, 2.45) is 0 Å². The molecule has 1 heterocycles. The van der Waals surface area contributed by atoms with Crippen molar-refractivity contribution in [2.45, 2.75) is 12.0 Å². The third-order valence-electron chi connectivity index (χ3n) is 3.84. The first-order valence-electron chi connectivity index (χ1n) is 7.16. The summed E-state index contributed by atoms with van der Waals surface area (Å²) >= 11 is 0. The fourth-order valence-corrected chi connectivity index (χ4v) is 2.77. The first-order valence-corrected chi connectivity index (χ1v) is 7.16. The second kappa shape index (κ2) is 8.52. The SMILES string of the molecule is COc1ccc([C@@H](N2CCNCC2)C(F)(F)CO)cc1[N+](=O)[O-].Cl. The number of methoxy groups -OCH3 is 1. The van der Waals surface area contributed by atoms with Crippen molar-refractivity contribution in [2.75, 3.05) is 39.9 Å². The molecule has 1 aromatic rings. The Balaban J connectivity index is 0.00000288. The Morgan fingerprint density at radius 1 is 1.46 bits per heavy atom. The van der Waals surface area contributed by atoms with E-state index in [0.29, 0.717) is 26.2 Å². The van der Waals surface area contributed by atoms with Crippen LogP contribution >= 0.6 is 12.4 Å². The molecule has 0 aliphatic carbocycles. The molecule has 2 rings (SSSR count). The van der Waals surface area contributed by atoms with Crippen LogP contribution in [0.4, 0.5) is 14.5 Å². The van der Waals surface area contributed by atoms with Gasteiger partial charge in [-0.15, -0.1) is 12.4 Å². The number of hydrogen-bond acceptors (Lipinski definition) is 6. The van der Waals surface area contributed by atoms with Gasteiger partial charge in [0, 0.05) is 32.2 Å². The molecular weight excluding hydrogens is 348 g/mol. The summed E-state index contributed by atoms with van der Waals surface area (Å²) in [4.78, 5) is 12.0. The summed E-state index contributed by atoms with van der Waals surface area (Å²) in [7, 11) is 1.28. The highest BCUT2D eigenvalue weighted by Gasteiger charge is 2.44. The fourth-order valence-electron chi connectivity index (χ4n) is 2.77. The van der Waals surface area contributed by atoms with Gasteiger partial charge in [0.2, 0.25) is 0 Å². The summed E-state index contributed by atoms with van der Waals surface area (Å²) < 4.78 is 33.5. The van der Waals surface area contributed by atoms with Gasteiger partial charge in [-0.25, -0.2) is 8.78 Å². The molecule has 0 bridgehead atoms.